The van der Waals surface area contributed by atoms with Gasteiger partial charge in [0.25, 0.3) is 0 Å². The first-order valence-corrected chi connectivity index (χ1v) is 12.4. The van der Waals surface area contributed by atoms with Crippen molar-refractivity contribution in [3.05, 3.63) is 65.5 Å². The number of sulfonamides is 1. The normalized spacial score (nSPS) is 19.3. The van der Waals surface area contributed by atoms with Gasteiger partial charge in [0.15, 0.2) is 0 Å². The maximum atomic E-state index is 14.0. The summed E-state index contributed by atoms with van der Waals surface area (Å²) in [5.74, 6) is -0.399. The molecule has 0 N–H and O–H groups in total. The minimum Gasteiger partial charge on any atom is -0.339 e. The number of amides is 1. The van der Waals surface area contributed by atoms with Crippen LogP contribution in [0.2, 0.25) is 0 Å². The molecular weight excluding hydrogens is 429 g/mol. The summed E-state index contributed by atoms with van der Waals surface area (Å²) in [4.78, 5) is 15.4. The van der Waals surface area contributed by atoms with Crippen molar-refractivity contribution in [1.29, 1.82) is 5.26 Å². The molecular formula is C24H26FN3O3S. The van der Waals surface area contributed by atoms with Crippen molar-refractivity contribution >= 4 is 15.9 Å². The van der Waals surface area contributed by atoms with Gasteiger partial charge in [-0.2, -0.15) is 9.57 Å². The van der Waals surface area contributed by atoms with E-state index < -0.39 is 15.4 Å². The molecule has 1 saturated heterocycles. The van der Waals surface area contributed by atoms with Gasteiger partial charge in [0, 0.05) is 26.2 Å². The average Bonchev–Trinajstić information content (AvgIpc) is 2.84. The average molecular weight is 456 g/mol. The lowest BCUT2D eigenvalue weighted by Gasteiger charge is -2.43. The second kappa shape index (κ2) is 9.00. The Hall–Kier alpha value is -2.76. The molecule has 2 aromatic carbocycles. The van der Waals surface area contributed by atoms with E-state index in [0.29, 0.717) is 18.4 Å². The van der Waals surface area contributed by atoms with Crippen LogP contribution in [0.1, 0.15) is 43.2 Å². The quantitative estimate of drug-likeness (QED) is 0.707. The van der Waals surface area contributed by atoms with Crippen molar-refractivity contribution in [2.45, 2.75) is 42.4 Å². The summed E-state index contributed by atoms with van der Waals surface area (Å²) in [6, 6.07) is 14.4. The van der Waals surface area contributed by atoms with E-state index in [0.717, 1.165) is 19.3 Å². The zero-order valence-electron chi connectivity index (χ0n) is 17.8. The van der Waals surface area contributed by atoms with E-state index in [-0.39, 0.29) is 48.4 Å². The first-order chi connectivity index (χ1) is 15.4. The van der Waals surface area contributed by atoms with Crippen molar-refractivity contribution in [1.82, 2.24) is 9.21 Å². The van der Waals surface area contributed by atoms with Crippen LogP contribution in [0.25, 0.3) is 0 Å². The van der Waals surface area contributed by atoms with Gasteiger partial charge in [-0.3, -0.25) is 4.79 Å². The summed E-state index contributed by atoms with van der Waals surface area (Å²) in [6.07, 6.45) is 4.20. The largest absolute Gasteiger partial charge is 0.339 e. The molecule has 2 aliphatic rings. The molecule has 1 amide bonds. The van der Waals surface area contributed by atoms with Crippen molar-refractivity contribution in [3.63, 3.8) is 0 Å². The maximum absolute atomic E-state index is 14.0. The zero-order chi connectivity index (χ0) is 22.8. The number of piperazine rings is 1. The van der Waals surface area contributed by atoms with Crippen molar-refractivity contribution in [3.8, 4) is 6.07 Å². The summed E-state index contributed by atoms with van der Waals surface area (Å²) in [7, 11) is -3.83. The number of carbonyl (C=O) groups is 1. The Morgan fingerprint density at radius 2 is 1.66 bits per heavy atom. The van der Waals surface area contributed by atoms with E-state index in [4.69, 9.17) is 0 Å². The second-order valence-corrected chi connectivity index (χ2v) is 10.4. The summed E-state index contributed by atoms with van der Waals surface area (Å²) in [6.45, 7) is 0.855. The highest BCUT2D eigenvalue weighted by molar-refractivity contribution is 7.89. The number of hydrogen-bond acceptors (Lipinski definition) is 4. The molecule has 2 aromatic rings. The number of hydrogen-bond donors (Lipinski definition) is 0. The molecule has 0 aromatic heterocycles. The van der Waals surface area contributed by atoms with Gasteiger partial charge in [0.05, 0.1) is 15.9 Å². The molecule has 1 aliphatic heterocycles. The lowest BCUT2D eigenvalue weighted by Crippen LogP contribution is -2.56. The van der Waals surface area contributed by atoms with Crippen LogP contribution in [0.15, 0.2) is 53.4 Å². The number of rotatable bonds is 4. The molecule has 1 aliphatic carbocycles. The molecule has 2 fully saturated rings. The van der Waals surface area contributed by atoms with Crippen LogP contribution in [-0.4, -0.2) is 49.7 Å². The molecule has 8 heteroatoms. The van der Waals surface area contributed by atoms with Gasteiger partial charge in [0.2, 0.25) is 15.9 Å². The first kappa shape index (κ1) is 22.4. The molecule has 168 valence electrons. The number of nitrogens with zero attached hydrogens (tertiary/aromatic N) is 3. The molecule has 1 saturated carbocycles. The predicted octanol–water partition coefficient (Wildman–Crippen LogP) is 3.43. The molecule has 0 atom stereocenters. The van der Waals surface area contributed by atoms with Crippen LogP contribution in [-0.2, 0) is 20.2 Å². The Bertz CT molecular complexity index is 1150. The first-order valence-electron chi connectivity index (χ1n) is 10.9. The number of carbonyl (C=O) groups excluding carboxylic acids is 1. The highest BCUT2D eigenvalue weighted by Crippen LogP contribution is 2.41. The molecule has 0 radical (unpaired) electrons. The number of halogens is 1. The Morgan fingerprint density at radius 3 is 2.31 bits per heavy atom. The highest BCUT2D eigenvalue weighted by Gasteiger charge is 2.45. The Labute approximate surface area is 188 Å². The third-order valence-corrected chi connectivity index (χ3v) is 8.60. The zero-order valence-corrected chi connectivity index (χ0v) is 18.7. The van der Waals surface area contributed by atoms with Gasteiger partial charge in [0.1, 0.15) is 11.9 Å². The lowest BCUT2D eigenvalue weighted by molar-refractivity contribution is -0.140. The van der Waals surface area contributed by atoms with E-state index in [1.165, 1.54) is 28.6 Å². The van der Waals surface area contributed by atoms with Crippen LogP contribution < -0.4 is 0 Å². The summed E-state index contributed by atoms with van der Waals surface area (Å²) in [5, 5.41) is 9.28. The van der Waals surface area contributed by atoms with Crippen molar-refractivity contribution in [2.24, 2.45) is 0 Å². The van der Waals surface area contributed by atoms with Gasteiger partial charge < -0.3 is 4.90 Å². The Balaban J connectivity index is 1.54. The number of nitriles is 1. The SMILES string of the molecule is N#Cc1ccccc1S(=O)(=O)N1CCN(C(=O)C2(c3cccc(F)c3)CCCCC2)CC1. The predicted molar refractivity (Wildman–Crippen MR) is 118 cm³/mol. The minimum atomic E-state index is -3.83. The monoisotopic (exact) mass is 455 g/mol. The van der Waals surface area contributed by atoms with Gasteiger partial charge in [-0.1, -0.05) is 43.5 Å². The Morgan fingerprint density at radius 1 is 0.969 bits per heavy atom. The van der Waals surface area contributed by atoms with Gasteiger partial charge in [-0.15, -0.1) is 0 Å². The van der Waals surface area contributed by atoms with Gasteiger partial charge in [-0.25, -0.2) is 12.8 Å². The molecule has 0 spiro atoms. The van der Waals surface area contributed by atoms with Crippen LogP contribution in [0.4, 0.5) is 4.39 Å². The van der Waals surface area contributed by atoms with Crippen molar-refractivity contribution in [2.75, 3.05) is 26.2 Å². The Kier molecular flexibility index (Phi) is 6.31. The summed E-state index contributed by atoms with van der Waals surface area (Å²) < 4.78 is 41.5. The summed E-state index contributed by atoms with van der Waals surface area (Å²) >= 11 is 0. The fraction of sp³-hybridized carbons (Fsp3) is 0.417. The van der Waals surface area contributed by atoms with Crippen LogP contribution in [0.5, 0.6) is 0 Å². The molecule has 0 unspecified atom stereocenters. The van der Waals surface area contributed by atoms with Crippen molar-refractivity contribution < 1.29 is 17.6 Å². The van der Waals surface area contributed by atoms with E-state index >= 15 is 0 Å². The maximum Gasteiger partial charge on any atom is 0.244 e. The fourth-order valence-corrected chi connectivity index (χ4v) is 6.49. The number of benzene rings is 2. The van der Waals surface area contributed by atoms with E-state index in [1.54, 1.807) is 23.1 Å². The lowest BCUT2D eigenvalue weighted by atomic mass is 9.68. The third kappa shape index (κ3) is 4.03. The molecule has 0 bridgehead atoms. The standard InChI is InChI=1S/C24H26FN3O3S/c25-21-9-6-8-20(17-21)24(11-4-1-5-12-24)23(29)27-13-15-28(16-14-27)32(30,31)22-10-3-2-7-19(22)18-26/h2-3,6-10,17H,1,4-5,11-16H2. The summed E-state index contributed by atoms with van der Waals surface area (Å²) in [5.41, 5.74) is 0.0629. The van der Waals surface area contributed by atoms with Gasteiger partial charge >= 0.3 is 0 Å². The molecule has 32 heavy (non-hydrogen) atoms. The topological polar surface area (TPSA) is 81.5 Å². The van der Waals surface area contributed by atoms with E-state index in [9.17, 15) is 22.9 Å². The molecule has 1 heterocycles. The van der Waals surface area contributed by atoms with E-state index in [2.05, 4.69) is 0 Å². The van der Waals surface area contributed by atoms with Crippen LogP contribution in [0.3, 0.4) is 0 Å². The highest BCUT2D eigenvalue weighted by atomic mass is 32.2. The van der Waals surface area contributed by atoms with Crippen LogP contribution in [0, 0.1) is 17.1 Å². The van der Waals surface area contributed by atoms with Crippen LogP contribution >= 0.6 is 0 Å². The minimum absolute atomic E-state index is 0.00853. The fourth-order valence-electron chi connectivity index (χ4n) is 4.92. The smallest absolute Gasteiger partial charge is 0.244 e. The second-order valence-electron chi connectivity index (χ2n) is 8.46. The molecule has 6 nitrogen and oxygen atoms in total. The van der Waals surface area contributed by atoms with Gasteiger partial charge in [-0.05, 0) is 42.7 Å². The van der Waals surface area contributed by atoms with E-state index in [1.807, 2.05) is 12.1 Å². The third-order valence-electron chi connectivity index (χ3n) is 6.64. The molecule has 4 rings (SSSR count).